The molecule has 0 atom stereocenters. The van der Waals surface area contributed by atoms with Gasteiger partial charge in [-0.2, -0.15) is 5.26 Å². The van der Waals surface area contributed by atoms with Crippen LogP contribution in [0.5, 0.6) is 0 Å². The third-order valence-electron chi connectivity index (χ3n) is 3.46. The molecule has 0 aliphatic carbocycles. The summed E-state index contributed by atoms with van der Waals surface area (Å²) in [5, 5.41) is 12.2. The number of nitrogens with zero attached hydrogens (tertiary/aromatic N) is 3. The van der Waals surface area contributed by atoms with Crippen LogP contribution < -0.4 is 5.32 Å². The van der Waals surface area contributed by atoms with Crippen LogP contribution in [0.1, 0.15) is 19.8 Å². The monoisotopic (exact) mass is 384 g/mol. The fourth-order valence-electron chi connectivity index (χ4n) is 2.17. The molecule has 1 aromatic rings. The van der Waals surface area contributed by atoms with Gasteiger partial charge in [0.15, 0.2) is 0 Å². The SMILES string of the molecule is CCCN(CC(=O)Nc1ccc(Cl)cc1Cl)CC(=O)N(C)CCC#N. The number of nitrogens with one attached hydrogen (secondary N) is 1. The number of likely N-dealkylation sites (N-methyl/N-ethyl adjacent to an activating group) is 1. The van der Waals surface area contributed by atoms with Crippen LogP contribution in [0.4, 0.5) is 5.69 Å². The summed E-state index contributed by atoms with van der Waals surface area (Å²) >= 11 is 11.9. The summed E-state index contributed by atoms with van der Waals surface area (Å²) in [7, 11) is 1.65. The number of halogens is 2. The van der Waals surface area contributed by atoms with Crippen LogP contribution >= 0.6 is 23.2 Å². The molecule has 25 heavy (non-hydrogen) atoms. The van der Waals surface area contributed by atoms with Crippen molar-refractivity contribution in [1.29, 1.82) is 5.26 Å². The molecule has 0 aliphatic heterocycles. The quantitative estimate of drug-likeness (QED) is 0.709. The second-order valence-corrected chi connectivity index (χ2v) is 6.45. The highest BCUT2D eigenvalue weighted by molar-refractivity contribution is 6.36. The van der Waals surface area contributed by atoms with Gasteiger partial charge in [-0.1, -0.05) is 30.1 Å². The van der Waals surface area contributed by atoms with Crippen LogP contribution in [0.3, 0.4) is 0 Å². The van der Waals surface area contributed by atoms with E-state index in [0.29, 0.717) is 28.8 Å². The van der Waals surface area contributed by atoms with Gasteiger partial charge < -0.3 is 10.2 Å². The number of nitriles is 1. The average molecular weight is 385 g/mol. The van der Waals surface area contributed by atoms with Crippen molar-refractivity contribution in [3.05, 3.63) is 28.2 Å². The number of benzene rings is 1. The Hall–Kier alpha value is -1.81. The zero-order chi connectivity index (χ0) is 18.8. The van der Waals surface area contributed by atoms with Gasteiger partial charge in [0, 0.05) is 18.6 Å². The van der Waals surface area contributed by atoms with Crippen LogP contribution in [0.2, 0.25) is 10.0 Å². The number of rotatable bonds is 9. The molecule has 0 heterocycles. The highest BCUT2D eigenvalue weighted by Gasteiger charge is 2.17. The van der Waals surface area contributed by atoms with Gasteiger partial charge in [-0.05, 0) is 31.2 Å². The third-order valence-corrected chi connectivity index (χ3v) is 4.00. The maximum absolute atomic E-state index is 12.2. The predicted molar refractivity (Wildman–Crippen MR) is 99.7 cm³/mol. The molecule has 0 saturated heterocycles. The van der Waals surface area contributed by atoms with E-state index < -0.39 is 0 Å². The summed E-state index contributed by atoms with van der Waals surface area (Å²) in [6.07, 6.45) is 1.09. The number of hydrogen-bond acceptors (Lipinski definition) is 4. The number of hydrogen-bond donors (Lipinski definition) is 1. The van der Waals surface area contributed by atoms with Gasteiger partial charge in [0.25, 0.3) is 0 Å². The molecule has 1 aromatic carbocycles. The molecule has 0 aromatic heterocycles. The van der Waals surface area contributed by atoms with E-state index in [1.165, 1.54) is 4.90 Å². The van der Waals surface area contributed by atoms with Crippen LogP contribution in [0, 0.1) is 11.3 Å². The van der Waals surface area contributed by atoms with E-state index >= 15 is 0 Å². The lowest BCUT2D eigenvalue weighted by atomic mass is 10.3. The van der Waals surface area contributed by atoms with E-state index in [4.69, 9.17) is 28.5 Å². The second kappa shape index (κ2) is 10.9. The van der Waals surface area contributed by atoms with Crippen LogP contribution in [-0.4, -0.2) is 54.8 Å². The highest BCUT2D eigenvalue weighted by Crippen LogP contribution is 2.25. The van der Waals surface area contributed by atoms with Gasteiger partial charge in [-0.3, -0.25) is 14.5 Å². The van der Waals surface area contributed by atoms with Gasteiger partial charge in [-0.25, -0.2) is 0 Å². The van der Waals surface area contributed by atoms with Gasteiger partial charge in [-0.15, -0.1) is 0 Å². The number of anilines is 1. The van der Waals surface area contributed by atoms with Crippen molar-refractivity contribution in [1.82, 2.24) is 9.80 Å². The number of carbonyl (C=O) groups is 2. The summed E-state index contributed by atoms with van der Waals surface area (Å²) < 4.78 is 0. The van der Waals surface area contributed by atoms with Crippen molar-refractivity contribution in [3.63, 3.8) is 0 Å². The largest absolute Gasteiger partial charge is 0.344 e. The zero-order valence-corrected chi connectivity index (χ0v) is 15.9. The lowest BCUT2D eigenvalue weighted by Crippen LogP contribution is -2.42. The van der Waals surface area contributed by atoms with Crippen LogP contribution in [0.15, 0.2) is 18.2 Å². The highest BCUT2D eigenvalue weighted by atomic mass is 35.5. The van der Waals surface area contributed by atoms with Crippen molar-refractivity contribution >= 4 is 40.7 Å². The second-order valence-electron chi connectivity index (χ2n) is 5.61. The number of amides is 2. The molecule has 0 aliphatic rings. The predicted octanol–water partition coefficient (Wildman–Crippen LogP) is 3.02. The Balaban J connectivity index is 2.62. The molecular formula is C17H22Cl2N4O2. The zero-order valence-electron chi connectivity index (χ0n) is 14.4. The lowest BCUT2D eigenvalue weighted by Gasteiger charge is -2.24. The first-order chi connectivity index (χ1) is 11.9. The summed E-state index contributed by atoms with van der Waals surface area (Å²) in [4.78, 5) is 27.7. The third kappa shape index (κ3) is 7.74. The summed E-state index contributed by atoms with van der Waals surface area (Å²) in [6, 6.07) is 6.83. The Bertz CT molecular complexity index is 646. The molecule has 0 unspecified atom stereocenters. The van der Waals surface area contributed by atoms with Gasteiger partial charge in [0.2, 0.25) is 11.8 Å². The van der Waals surface area contributed by atoms with Crippen LogP contribution in [0.25, 0.3) is 0 Å². The molecule has 0 bridgehead atoms. The van der Waals surface area contributed by atoms with E-state index in [1.807, 2.05) is 13.0 Å². The molecule has 8 heteroatoms. The molecule has 0 fully saturated rings. The minimum atomic E-state index is -0.259. The minimum absolute atomic E-state index is 0.0740. The van der Waals surface area contributed by atoms with E-state index in [0.717, 1.165) is 6.42 Å². The molecule has 0 saturated carbocycles. The van der Waals surface area contributed by atoms with E-state index in [1.54, 1.807) is 30.1 Å². The smallest absolute Gasteiger partial charge is 0.238 e. The Morgan fingerprint density at radius 3 is 2.56 bits per heavy atom. The van der Waals surface area contributed by atoms with E-state index in [9.17, 15) is 9.59 Å². The molecule has 136 valence electrons. The first kappa shape index (κ1) is 21.2. The number of carbonyl (C=O) groups excluding carboxylic acids is 2. The summed E-state index contributed by atoms with van der Waals surface area (Å²) in [5.74, 6) is -0.383. The summed E-state index contributed by atoms with van der Waals surface area (Å²) in [6.45, 7) is 3.16. The Morgan fingerprint density at radius 2 is 1.96 bits per heavy atom. The molecule has 0 spiro atoms. The normalized spacial score (nSPS) is 10.4. The minimum Gasteiger partial charge on any atom is -0.344 e. The molecule has 6 nitrogen and oxygen atoms in total. The first-order valence-electron chi connectivity index (χ1n) is 7.95. The van der Waals surface area contributed by atoms with Crippen molar-refractivity contribution in [2.24, 2.45) is 0 Å². The molecule has 2 amide bonds. The maximum Gasteiger partial charge on any atom is 0.238 e. The molecule has 1 N–H and O–H groups in total. The Morgan fingerprint density at radius 1 is 1.24 bits per heavy atom. The lowest BCUT2D eigenvalue weighted by molar-refractivity contribution is -0.131. The standard InChI is InChI=1S/C17H22Cl2N4O2/c1-3-8-23(12-17(25)22(2)9-4-7-20)11-16(24)21-15-6-5-13(18)10-14(15)19/h5-6,10H,3-4,8-9,11-12H2,1-2H3,(H,21,24). The summed E-state index contributed by atoms with van der Waals surface area (Å²) in [5.41, 5.74) is 0.477. The molecule has 1 rings (SSSR count). The fourth-order valence-corrected chi connectivity index (χ4v) is 2.62. The van der Waals surface area contributed by atoms with Gasteiger partial charge in [0.1, 0.15) is 0 Å². The van der Waals surface area contributed by atoms with Gasteiger partial charge in [0.05, 0.1) is 36.3 Å². The van der Waals surface area contributed by atoms with Gasteiger partial charge >= 0.3 is 0 Å². The molecular weight excluding hydrogens is 363 g/mol. The van der Waals surface area contributed by atoms with Crippen LogP contribution in [-0.2, 0) is 9.59 Å². The maximum atomic E-state index is 12.2. The van der Waals surface area contributed by atoms with Crippen molar-refractivity contribution in [2.45, 2.75) is 19.8 Å². The van der Waals surface area contributed by atoms with Crippen molar-refractivity contribution < 1.29 is 9.59 Å². The van der Waals surface area contributed by atoms with E-state index in [2.05, 4.69) is 5.32 Å². The average Bonchev–Trinajstić information content (AvgIpc) is 2.55. The fraction of sp³-hybridized carbons (Fsp3) is 0.471. The molecule has 0 radical (unpaired) electrons. The van der Waals surface area contributed by atoms with Crippen molar-refractivity contribution in [2.75, 3.05) is 38.5 Å². The topological polar surface area (TPSA) is 76.4 Å². The van der Waals surface area contributed by atoms with E-state index in [-0.39, 0.29) is 31.3 Å². The Kier molecular flexibility index (Phi) is 9.28. The van der Waals surface area contributed by atoms with Crippen molar-refractivity contribution in [3.8, 4) is 6.07 Å². The Labute approximate surface area is 158 Å². The first-order valence-corrected chi connectivity index (χ1v) is 8.71.